The van der Waals surface area contributed by atoms with Gasteiger partial charge in [0.05, 0.1) is 6.61 Å². The Hall–Kier alpha value is -0.260. The quantitative estimate of drug-likeness (QED) is 0.472. The molecule has 0 aromatic carbocycles. The van der Waals surface area contributed by atoms with Crippen LogP contribution < -0.4 is 9.79 Å². The van der Waals surface area contributed by atoms with E-state index >= 15 is 0 Å². The van der Waals surface area contributed by atoms with Crippen molar-refractivity contribution in [2.24, 2.45) is 0 Å². The molecule has 0 radical (unpaired) electrons. The predicted molar refractivity (Wildman–Crippen MR) is 71.7 cm³/mol. The number of hydrogen-bond donors (Lipinski definition) is 0. The van der Waals surface area contributed by atoms with Crippen LogP contribution in [-0.4, -0.2) is 13.7 Å². The molecular formula is C11H20O7P2-2. The molecule has 0 N–H and O–H groups in total. The summed E-state index contributed by atoms with van der Waals surface area (Å²) in [5, 5.41) is 0. The standard InChI is InChI=1S/C11H22O7P2/c1-10(2)6-5-7-11(3)8-9-17-20(14,15)18-19(12,13)16-4/h6,8H,5,7,9H2,1-4H3,(H,12,13)(H,14,15)/p-2/b11-8+. The van der Waals surface area contributed by atoms with Gasteiger partial charge in [-0.3, -0.25) is 9.13 Å². The van der Waals surface area contributed by atoms with Crippen molar-refractivity contribution in [3.8, 4) is 0 Å². The van der Waals surface area contributed by atoms with Crippen molar-refractivity contribution >= 4 is 15.6 Å². The van der Waals surface area contributed by atoms with Gasteiger partial charge in [-0.2, -0.15) is 0 Å². The maximum Gasteiger partial charge on any atom is 0.274 e. The van der Waals surface area contributed by atoms with E-state index in [-0.39, 0.29) is 6.61 Å². The van der Waals surface area contributed by atoms with Crippen molar-refractivity contribution in [3.63, 3.8) is 0 Å². The fraction of sp³-hybridized carbons (Fsp3) is 0.636. The minimum absolute atomic E-state index is 0.287. The van der Waals surface area contributed by atoms with Crippen LogP contribution >= 0.6 is 15.6 Å². The first-order chi connectivity index (χ1) is 9.08. The predicted octanol–water partition coefficient (Wildman–Crippen LogP) is 2.30. The van der Waals surface area contributed by atoms with Crippen molar-refractivity contribution in [2.75, 3.05) is 13.7 Å². The Morgan fingerprint density at radius 3 is 2.20 bits per heavy atom. The van der Waals surface area contributed by atoms with E-state index in [1.54, 1.807) is 6.08 Å². The van der Waals surface area contributed by atoms with Crippen molar-refractivity contribution < 1.29 is 32.3 Å². The lowest BCUT2D eigenvalue weighted by molar-refractivity contribution is -0.241. The third-order valence-electron chi connectivity index (χ3n) is 2.18. The van der Waals surface area contributed by atoms with E-state index in [0.717, 1.165) is 25.5 Å². The average molecular weight is 326 g/mol. The lowest BCUT2D eigenvalue weighted by Crippen LogP contribution is -2.12. The zero-order valence-electron chi connectivity index (χ0n) is 12.0. The molecule has 0 fully saturated rings. The fourth-order valence-electron chi connectivity index (χ4n) is 1.14. The monoisotopic (exact) mass is 326 g/mol. The van der Waals surface area contributed by atoms with Crippen LogP contribution in [0.15, 0.2) is 23.3 Å². The lowest BCUT2D eigenvalue weighted by atomic mass is 10.1. The SMILES string of the molecule is COP(=O)([O-])OP(=O)([O-])OC/C=C(\C)CCC=C(C)C. The molecule has 0 saturated heterocycles. The zero-order valence-corrected chi connectivity index (χ0v) is 13.8. The zero-order chi connectivity index (χ0) is 15.8. The minimum atomic E-state index is -4.94. The molecule has 118 valence electrons. The summed E-state index contributed by atoms with van der Waals surface area (Å²) in [6.45, 7) is 5.52. The van der Waals surface area contributed by atoms with Gasteiger partial charge >= 0.3 is 0 Å². The van der Waals surface area contributed by atoms with Crippen LogP contribution in [0.5, 0.6) is 0 Å². The summed E-state index contributed by atoms with van der Waals surface area (Å²) < 4.78 is 34.1. The van der Waals surface area contributed by atoms with Gasteiger partial charge in [-0.15, -0.1) is 0 Å². The number of phosphoric acid groups is 2. The van der Waals surface area contributed by atoms with E-state index in [2.05, 4.69) is 19.4 Å². The van der Waals surface area contributed by atoms with Gasteiger partial charge in [0.25, 0.3) is 15.6 Å². The fourth-order valence-corrected chi connectivity index (χ4v) is 2.83. The molecule has 9 heteroatoms. The molecule has 0 aromatic heterocycles. The second-order valence-corrected chi connectivity index (χ2v) is 7.39. The molecule has 0 bridgehead atoms. The molecule has 2 unspecified atom stereocenters. The maximum absolute atomic E-state index is 11.2. The number of phosphoric ester groups is 2. The van der Waals surface area contributed by atoms with E-state index in [1.165, 1.54) is 5.57 Å². The number of rotatable bonds is 9. The summed E-state index contributed by atoms with van der Waals surface area (Å²) in [5.41, 5.74) is 2.14. The second kappa shape index (κ2) is 8.90. The van der Waals surface area contributed by atoms with Gasteiger partial charge in [0, 0.05) is 7.11 Å². The molecule has 0 rings (SSSR count). The number of hydrogen-bond acceptors (Lipinski definition) is 7. The second-order valence-electron chi connectivity index (χ2n) is 4.33. The van der Waals surface area contributed by atoms with E-state index in [1.807, 2.05) is 20.8 Å². The van der Waals surface area contributed by atoms with Gasteiger partial charge in [0.2, 0.25) is 0 Å². The third kappa shape index (κ3) is 10.5. The van der Waals surface area contributed by atoms with Gasteiger partial charge in [0.15, 0.2) is 0 Å². The molecule has 20 heavy (non-hydrogen) atoms. The highest BCUT2D eigenvalue weighted by molar-refractivity contribution is 7.59. The van der Waals surface area contributed by atoms with E-state index in [9.17, 15) is 18.9 Å². The van der Waals surface area contributed by atoms with Crippen molar-refractivity contribution in [2.45, 2.75) is 33.6 Å². The molecule has 7 nitrogen and oxygen atoms in total. The minimum Gasteiger partial charge on any atom is -0.756 e. The van der Waals surface area contributed by atoms with Gasteiger partial charge in [0.1, 0.15) is 0 Å². The first-order valence-electron chi connectivity index (χ1n) is 5.90. The molecule has 0 heterocycles. The first kappa shape index (κ1) is 19.7. The number of allylic oxidation sites excluding steroid dienone is 3. The molecule has 0 aliphatic rings. The van der Waals surface area contributed by atoms with Crippen molar-refractivity contribution in [1.29, 1.82) is 0 Å². The lowest BCUT2D eigenvalue weighted by Gasteiger charge is -2.29. The van der Waals surface area contributed by atoms with Gasteiger partial charge < -0.3 is 18.8 Å². The molecule has 0 aromatic rings. The molecule has 2 atom stereocenters. The van der Waals surface area contributed by atoms with Crippen molar-refractivity contribution in [3.05, 3.63) is 23.3 Å². The van der Waals surface area contributed by atoms with Crippen molar-refractivity contribution in [1.82, 2.24) is 0 Å². The van der Waals surface area contributed by atoms with Gasteiger partial charge in [-0.05, 0) is 33.6 Å². The highest BCUT2D eigenvalue weighted by Gasteiger charge is 2.18. The Bertz CT molecular complexity index is 452. The Balaban J connectivity index is 4.24. The normalized spacial score (nSPS) is 18.2. The van der Waals surface area contributed by atoms with Crippen LogP contribution in [0.1, 0.15) is 33.6 Å². The van der Waals surface area contributed by atoms with Crippen LogP contribution in [0.4, 0.5) is 0 Å². The van der Waals surface area contributed by atoms with Crippen LogP contribution in [0, 0.1) is 0 Å². The first-order valence-corrected chi connectivity index (χ1v) is 8.83. The molecule has 0 aliphatic carbocycles. The summed E-state index contributed by atoms with van der Waals surface area (Å²) in [4.78, 5) is 22.0. The van der Waals surface area contributed by atoms with E-state index in [4.69, 9.17) is 0 Å². The summed E-state index contributed by atoms with van der Waals surface area (Å²) >= 11 is 0. The average Bonchev–Trinajstić information content (AvgIpc) is 2.26. The Labute approximate surface area is 119 Å². The Morgan fingerprint density at radius 2 is 1.70 bits per heavy atom. The molecule has 0 spiro atoms. The topological polar surface area (TPSA) is 108 Å². The molecule has 0 saturated carbocycles. The Morgan fingerprint density at radius 1 is 1.10 bits per heavy atom. The molecule has 0 aliphatic heterocycles. The molecular weight excluding hydrogens is 306 g/mol. The van der Waals surface area contributed by atoms with Crippen LogP contribution in [-0.2, 0) is 22.5 Å². The van der Waals surface area contributed by atoms with E-state index < -0.39 is 15.6 Å². The van der Waals surface area contributed by atoms with E-state index in [0.29, 0.717) is 0 Å². The highest BCUT2D eigenvalue weighted by Crippen LogP contribution is 2.54. The summed E-state index contributed by atoms with van der Waals surface area (Å²) in [7, 11) is -9.01. The summed E-state index contributed by atoms with van der Waals surface area (Å²) in [6.07, 6.45) is 5.22. The largest absolute Gasteiger partial charge is 0.756 e. The maximum atomic E-state index is 11.2. The molecule has 0 amide bonds. The third-order valence-corrected chi connectivity index (χ3v) is 4.69. The smallest absolute Gasteiger partial charge is 0.274 e. The van der Waals surface area contributed by atoms with Crippen LogP contribution in [0.25, 0.3) is 0 Å². The summed E-state index contributed by atoms with van der Waals surface area (Å²) in [5.74, 6) is 0. The Kier molecular flexibility index (Phi) is 8.79. The van der Waals surface area contributed by atoms with Gasteiger partial charge in [-0.1, -0.05) is 23.3 Å². The highest BCUT2D eigenvalue weighted by atomic mass is 31.3. The van der Waals surface area contributed by atoms with Crippen LogP contribution in [0.3, 0.4) is 0 Å². The van der Waals surface area contributed by atoms with Crippen LogP contribution in [0.2, 0.25) is 0 Å². The summed E-state index contributed by atoms with van der Waals surface area (Å²) in [6, 6.07) is 0. The van der Waals surface area contributed by atoms with Gasteiger partial charge in [-0.25, -0.2) is 4.31 Å².